The molecule has 1 aromatic carbocycles. The third-order valence-corrected chi connectivity index (χ3v) is 2.50. The van der Waals surface area contributed by atoms with E-state index in [0.717, 1.165) is 0 Å². The number of nitrogen functional groups attached to an aromatic ring is 1. The molecule has 0 spiro atoms. The predicted molar refractivity (Wildman–Crippen MR) is 55.2 cm³/mol. The summed E-state index contributed by atoms with van der Waals surface area (Å²) in [7, 11) is 0. The van der Waals surface area contributed by atoms with Crippen LogP contribution in [-0.4, -0.2) is 4.92 Å². The van der Waals surface area contributed by atoms with E-state index in [1.165, 1.54) is 12.1 Å². The molecule has 0 aromatic heterocycles. The number of nitrogens with zero attached hydrogens (tertiary/aromatic N) is 1. The summed E-state index contributed by atoms with van der Waals surface area (Å²) in [5.41, 5.74) is 5.67. The molecule has 0 aliphatic carbocycles. The van der Waals surface area contributed by atoms with Crippen molar-refractivity contribution in [2.75, 3.05) is 5.73 Å². The molecule has 1 rings (SSSR count). The number of anilines is 1. The molecule has 4 nitrogen and oxygen atoms in total. The van der Waals surface area contributed by atoms with Crippen LogP contribution >= 0.6 is 34.2 Å². The highest BCUT2D eigenvalue weighted by Gasteiger charge is 2.13. The summed E-state index contributed by atoms with van der Waals surface area (Å²) in [6, 6.07) is 2.72. The Bertz CT molecular complexity index is 343. The van der Waals surface area contributed by atoms with Crippen LogP contribution in [0.3, 0.4) is 0 Å². The van der Waals surface area contributed by atoms with E-state index in [4.69, 9.17) is 17.3 Å². The first kappa shape index (κ1) is 9.53. The van der Waals surface area contributed by atoms with E-state index in [9.17, 15) is 10.1 Å². The molecule has 0 heterocycles. The van der Waals surface area contributed by atoms with Crippen LogP contribution in [0.25, 0.3) is 0 Å². The maximum absolute atomic E-state index is 10.3. The van der Waals surface area contributed by atoms with E-state index >= 15 is 0 Å². The molecule has 0 amide bonds. The molecule has 64 valence electrons. The van der Waals surface area contributed by atoms with Crippen LogP contribution in [0.15, 0.2) is 12.1 Å². The summed E-state index contributed by atoms with van der Waals surface area (Å²) in [4.78, 5) is 9.79. The lowest BCUT2D eigenvalue weighted by atomic mass is 10.3. The maximum atomic E-state index is 10.3. The minimum Gasteiger partial charge on any atom is -0.398 e. The van der Waals surface area contributed by atoms with Gasteiger partial charge in [0.05, 0.1) is 10.6 Å². The fraction of sp³-hybridized carbons (Fsp3) is 0. The van der Waals surface area contributed by atoms with Gasteiger partial charge in [0.2, 0.25) is 0 Å². The highest BCUT2D eigenvalue weighted by Crippen LogP contribution is 2.29. The van der Waals surface area contributed by atoms with Crippen LogP contribution in [0.1, 0.15) is 0 Å². The lowest BCUT2D eigenvalue weighted by Crippen LogP contribution is -1.94. The van der Waals surface area contributed by atoms with Crippen molar-refractivity contribution < 1.29 is 4.92 Å². The van der Waals surface area contributed by atoms with E-state index in [-0.39, 0.29) is 10.7 Å². The van der Waals surface area contributed by atoms with Gasteiger partial charge in [-0.05, 0) is 28.7 Å². The molecule has 0 fully saturated rings. The molecule has 0 aliphatic rings. The molecule has 0 saturated heterocycles. The fourth-order valence-electron chi connectivity index (χ4n) is 0.694. The summed E-state index contributed by atoms with van der Waals surface area (Å²) in [6.07, 6.45) is 0. The van der Waals surface area contributed by atoms with Crippen LogP contribution in [0.2, 0.25) is 5.02 Å². The molecule has 0 aliphatic heterocycles. The van der Waals surface area contributed by atoms with E-state index in [0.29, 0.717) is 9.26 Å². The average molecular weight is 298 g/mol. The van der Waals surface area contributed by atoms with Crippen LogP contribution in [-0.2, 0) is 0 Å². The first-order chi connectivity index (χ1) is 5.52. The zero-order chi connectivity index (χ0) is 9.30. The van der Waals surface area contributed by atoms with Gasteiger partial charge >= 0.3 is 0 Å². The van der Waals surface area contributed by atoms with Gasteiger partial charge in [-0.25, -0.2) is 0 Å². The molecule has 0 atom stereocenters. The second-order valence-corrected chi connectivity index (χ2v) is 3.65. The molecule has 1 aromatic rings. The number of halogens is 2. The monoisotopic (exact) mass is 298 g/mol. The minimum atomic E-state index is -0.561. The van der Waals surface area contributed by atoms with Gasteiger partial charge in [0.15, 0.2) is 0 Å². The average Bonchev–Trinajstić information content (AvgIpc) is 1.96. The van der Waals surface area contributed by atoms with Gasteiger partial charge in [0, 0.05) is 9.64 Å². The second-order valence-electron chi connectivity index (χ2n) is 2.08. The van der Waals surface area contributed by atoms with Gasteiger partial charge in [0.25, 0.3) is 5.69 Å². The Hall–Kier alpha value is -0.560. The molecule has 0 radical (unpaired) electrons. The van der Waals surface area contributed by atoms with Gasteiger partial charge in [-0.15, -0.1) is 0 Å². The highest BCUT2D eigenvalue weighted by molar-refractivity contribution is 14.1. The van der Waals surface area contributed by atoms with E-state index in [2.05, 4.69) is 0 Å². The number of nitro groups is 1. The summed E-state index contributed by atoms with van der Waals surface area (Å²) in [6.45, 7) is 0. The lowest BCUT2D eigenvalue weighted by Gasteiger charge is -1.99. The Kier molecular flexibility index (Phi) is 2.73. The summed E-state index contributed by atoms with van der Waals surface area (Å²) >= 11 is 7.55. The minimum absolute atomic E-state index is 0.110. The van der Waals surface area contributed by atoms with Crippen molar-refractivity contribution >= 4 is 45.6 Å². The third kappa shape index (κ3) is 1.78. The normalized spacial score (nSPS) is 9.83. The molecule has 0 saturated carbocycles. The smallest absolute Gasteiger partial charge is 0.290 e. The number of rotatable bonds is 1. The van der Waals surface area contributed by atoms with Crippen molar-refractivity contribution in [1.82, 2.24) is 0 Å². The first-order valence-corrected chi connectivity index (χ1v) is 4.37. The molecular formula is C6H4ClIN2O2. The Balaban J connectivity index is 3.33. The van der Waals surface area contributed by atoms with Gasteiger partial charge in [-0.1, -0.05) is 11.6 Å². The molecule has 6 heteroatoms. The topological polar surface area (TPSA) is 69.2 Å². The van der Waals surface area contributed by atoms with Crippen molar-refractivity contribution in [3.63, 3.8) is 0 Å². The predicted octanol–water partition coefficient (Wildman–Crippen LogP) is 2.44. The summed E-state index contributed by atoms with van der Waals surface area (Å²) in [5.74, 6) is 0. The standard InChI is InChI=1S/C6H4ClIN2O2/c7-3-1-4(8)5(9)2-6(3)10(11)12/h1-2H,9H2. The zero-order valence-corrected chi connectivity index (χ0v) is 8.67. The SMILES string of the molecule is Nc1cc([N+](=O)[O-])c(Cl)cc1I. The number of hydrogen-bond donors (Lipinski definition) is 1. The number of nitrogens with two attached hydrogens (primary N) is 1. The Labute approximate surface area is 87.0 Å². The van der Waals surface area contributed by atoms with Crippen LogP contribution in [0.5, 0.6) is 0 Å². The molecule has 2 N–H and O–H groups in total. The van der Waals surface area contributed by atoms with Gasteiger partial charge in [-0.3, -0.25) is 10.1 Å². The molecular weight excluding hydrogens is 294 g/mol. The largest absolute Gasteiger partial charge is 0.398 e. The van der Waals surface area contributed by atoms with Gasteiger partial charge in [0.1, 0.15) is 5.02 Å². The van der Waals surface area contributed by atoms with Crippen LogP contribution in [0.4, 0.5) is 11.4 Å². The Morgan fingerprint density at radius 1 is 1.58 bits per heavy atom. The Morgan fingerprint density at radius 3 is 2.67 bits per heavy atom. The van der Waals surface area contributed by atoms with Crippen molar-refractivity contribution in [2.45, 2.75) is 0 Å². The number of benzene rings is 1. The van der Waals surface area contributed by atoms with Crippen LogP contribution < -0.4 is 5.73 Å². The fourth-order valence-corrected chi connectivity index (χ4v) is 1.58. The summed E-state index contributed by atoms with van der Waals surface area (Å²) < 4.78 is 0.711. The lowest BCUT2D eigenvalue weighted by molar-refractivity contribution is -0.384. The Morgan fingerprint density at radius 2 is 2.17 bits per heavy atom. The van der Waals surface area contributed by atoms with Crippen molar-refractivity contribution in [1.29, 1.82) is 0 Å². The second kappa shape index (κ2) is 3.44. The van der Waals surface area contributed by atoms with Gasteiger partial charge in [-0.2, -0.15) is 0 Å². The van der Waals surface area contributed by atoms with Gasteiger partial charge < -0.3 is 5.73 Å². The first-order valence-electron chi connectivity index (χ1n) is 2.91. The molecule has 0 unspecified atom stereocenters. The third-order valence-electron chi connectivity index (χ3n) is 1.26. The van der Waals surface area contributed by atoms with E-state index in [1.807, 2.05) is 22.6 Å². The zero-order valence-electron chi connectivity index (χ0n) is 5.75. The molecule has 0 bridgehead atoms. The maximum Gasteiger partial charge on any atom is 0.290 e. The van der Waals surface area contributed by atoms with E-state index in [1.54, 1.807) is 0 Å². The van der Waals surface area contributed by atoms with Crippen LogP contribution in [0, 0.1) is 13.7 Å². The van der Waals surface area contributed by atoms with Crippen molar-refractivity contribution in [3.05, 3.63) is 30.8 Å². The molecule has 12 heavy (non-hydrogen) atoms. The van der Waals surface area contributed by atoms with Crippen molar-refractivity contribution in [2.24, 2.45) is 0 Å². The van der Waals surface area contributed by atoms with E-state index < -0.39 is 4.92 Å². The quantitative estimate of drug-likeness (QED) is 0.375. The van der Waals surface area contributed by atoms with Crippen molar-refractivity contribution in [3.8, 4) is 0 Å². The number of hydrogen-bond acceptors (Lipinski definition) is 3. The number of nitro benzene ring substituents is 1. The highest BCUT2D eigenvalue weighted by atomic mass is 127. The summed E-state index contributed by atoms with van der Waals surface area (Å²) in [5, 5.41) is 10.5.